The molecular weight excluding hydrogens is 312 g/mol. The molecule has 2 heterocycles. The Hall–Kier alpha value is -2.73. The first-order valence-corrected chi connectivity index (χ1v) is 5.52. The molecule has 12 heteroatoms. The second-order valence-electron chi connectivity index (χ2n) is 4.67. The Bertz CT molecular complexity index is 623. The van der Waals surface area contributed by atoms with Gasteiger partial charge < -0.3 is 35.0 Å². The Balaban J connectivity index is 2.60. The molecule has 2 saturated heterocycles. The molecule has 0 aromatic heterocycles. The maximum atomic E-state index is 11.4. The van der Waals surface area contributed by atoms with Crippen molar-refractivity contribution < 1.29 is 59.0 Å². The van der Waals surface area contributed by atoms with Crippen LogP contribution < -0.4 is 0 Å². The van der Waals surface area contributed by atoms with Crippen LogP contribution in [-0.2, 0) is 33.4 Å². The van der Waals surface area contributed by atoms with Crippen molar-refractivity contribution in [3.63, 3.8) is 0 Å². The van der Waals surface area contributed by atoms with Crippen LogP contribution in [0.5, 0.6) is 0 Å². The lowest BCUT2D eigenvalue weighted by molar-refractivity contribution is -0.158. The van der Waals surface area contributed by atoms with Crippen molar-refractivity contribution in [2.24, 2.45) is 0 Å². The van der Waals surface area contributed by atoms with Crippen LogP contribution in [-0.4, -0.2) is 78.3 Å². The Morgan fingerprint density at radius 1 is 0.864 bits per heavy atom. The molecule has 2 aliphatic heterocycles. The maximum Gasteiger partial charge on any atom is 0.343 e. The van der Waals surface area contributed by atoms with Gasteiger partial charge in [0.25, 0.3) is 0 Å². The number of epoxide rings is 2. The molecule has 0 amide bonds. The second kappa shape index (κ2) is 4.14. The molecule has 0 aromatic carbocycles. The summed E-state index contributed by atoms with van der Waals surface area (Å²) in [6, 6.07) is 0. The van der Waals surface area contributed by atoms with E-state index < -0.39 is 59.2 Å². The molecule has 0 spiro atoms. The lowest BCUT2D eigenvalue weighted by Gasteiger charge is -2.16. The first-order valence-electron chi connectivity index (χ1n) is 5.52. The van der Waals surface area contributed by atoms with Gasteiger partial charge in [-0.05, 0) is 0 Å². The summed E-state index contributed by atoms with van der Waals surface area (Å²) < 4.78 is 8.99. The third-order valence-corrected chi connectivity index (χ3v) is 3.58. The van der Waals surface area contributed by atoms with Crippen molar-refractivity contribution in [1.29, 1.82) is 0 Å². The van der Waals surface area contributed by atoms with Crippen molar-refractivity contribution in [2.45, 2.75) is 29.3 Å². The van der Waals surface area contributed by atoms with Gasteiger partial charge in [-0.15, -0.1) is 0 Å². The summed E-state index contributed by atoms with van der Waals surface area (Å²) in [6.07, 6.45) is -3.57. The Morgan fingerprint density at radius 3 is 1.68 bits per heavy atom. The average Bonchev–Trinajstić information content (AvgIpc) is 3.18. The number of rotatable bonds is 7. The number of ether oxygens (including phenoxy) is 2. The van der Waals surface area contributed by atoms with Gasteiger partial charge in [0.05, 0.1) is 6.42 Å². The van der Waals surface area contributed by atoms with E-state index in [2.05, 4.69) is 9.47 Å². The minimum Gasteiger partial charge on any atom is -0.481 e. The predicted molar refractivity (Wildman–Crippen MR) is 56.9 cm³/mol. The van der Waals surface area contributed by atoms with Crippen LogP contribution in [0.15, 0.2) is 0 Å². The third kappa shape index (κ3) is 1.50. The zero-order chi connectivity index (χ0) is 17.1. The van der Waals surface area contributed by atoms with Crippen LogP contribution in [0.4, 0.5) is 0 Å². The third-order valence-electron chi connectivity index (χ3n) is 3.58. The molecular formula is C10H8O12. The van der Waals surface area contributed by atoms with Crippen molar-refractivity contribution in [1.82, 2.24) is 0 Å². The van der Waals surface area contributed by atoms with E-state index in [1.807, 2.05) is 0 Å². The lowest BCUT2D eigenvalue weighted by Crippen LogP contribution is -2.56. The van der Waals surface area contributed by atoms with Crippen molar-refractivity contribution in [2.75, 3.05) is 0 Å². The SMILES string of the molecule is O=C(O)CC1(C(=O)O)OC1(C(=O)O)C1(C(=O)O)OC1C(=O)O. The number of carboxylic acid groups (broad SMARTS) is 5. The highest BCUT2D eigenvalue weighted by Crippen LogP contribution is 2.65. The van der Waals surface area contributed by atoms with Crippen molar-refractivity contribution >= 4 is 29.8 Å². The molecule has 2 rings (SSSR count). The molecule has 0 aliphatic carbocycles. The number of hydrogen-bond donors (Lipinski definition) is 5. The van der Waals surface area contributed by atoms with Crippen LogP contribution in [0.2, 0.25) is 0 Å². The van der Waals surface area contributed by atoms with Gasteiger partial charge in [0.15, 0.2) is 6.10 Å². The maximum absolute atomic E-state index is 11.4. The van der Waals surface area contributed by atoms with E-state index in [0.29, 0.717) is 0 Å². The van der Waals surface area contributed by atoms with Gasteiger partial charge in [0.1, 0.15) is 0 Å². The molecule has 5 N–H and O–H groups in total. The first-order chi connectivity index (χ1) is 9.99. The normalized spacial score (nSPS) is 38.8. The van der Waals surface area contributed by atoms with E-state index in [-0.39, 0.29) is 0 Å². The predicted octanol–water partition coefficient (Wildman–Crippen LogP) is -2.56. The fourth-order valence-electron chi connectivity index (χ4n) is 2.59. The molecule has 0 radical (unpaired) electrons. The highest BCUT2D eigenvalue weighted by Gasteiger charge is 2.98. The van der Waals surface area contributed by atoms with E-state index in [1.165, 1.54) is 0 Å². The highest BCUT2D eigenvalue weighted by atomic mass is 16.7. The summed E-state index contributed by atoms with van der Waals surface area (Å²) in [4.78, 5) is 55.6. The molecule has 4 atom stereocenters. The summed E-state index contributed by atoms with van der Waals surface area (Å²) in [5, 5.41) is 44.9. The van der Waals surface area contributed by atoms with Gasteiger partial charge in [-0.2, -0.15) is 0 Å². The summed E-state index contributed by atoms with van der Waals surface area (Å²) >= 11 is 0. The van der Waals surface area contributed by atoms with Crippen molar-refractivity contribution in [3.8, 4) is 0 Å². The van der Waals surface area contributed by atoms with Crippen LogP contribution in [0.25, 0.3) is 0 Å². The molecule has 12 nitrogen and oxygen atoms in total. The molecule has 0 bridgehead atoms. The van der Waals surface area contributed by atoms with Gasteiger partial charge in [-0.25, -0.2) is 19.2 Å². The fourth-order valence-corrected chi connectivity index (χ4v) is 2.59. The van der Waals surface area contributed by atoms with E-state index in [9.17, 15) is 29.1 Å². The van der Waals surface area contributed by atoms with Crippen LogP contribution in [0, 0.1) is 0 Å². The molecule has 2 aliphatic rings. The van der Waals surface area contributed by atoms with E-state index in [4.69, 9.17) is 20.4 Å². The van der Waals surface area contributed by atoms with Gasteiger partial charge in [-0.1, -0.05) is 0 Å². The summed E-state index contributed by atoms with van der Waals surface area (Å²) in [5.41, 5.74) is -9.15. The molecule has 2 fully saturated rings. The number of carbonyl (C=O) groups is 5. The Morgan fingerprint density at radius 2 is 1.41 bits per heavy atom. The largest absolute Gasteiger partial charge is 0.481 e. The zero-order valence-corrected chi connectivity index (χ0v) is 10.4. The van der Waals surface area contributed by atoms with E-state index in [1.54, 1.807) is 0 Å². The highest BCUT2D eigenvalue weighted by molar-refractivity contribution is 6.08. The monoisotopic (exact) mass is 320 g/mol. The second-order valence-corrected chi connectivity index (χ2v) is 4.67. The standard InChI is InChI=1S/C10H8O12/c11-2(12)1-8(5(15)16)10(22-8,7(19)20)9(6(17)18)3(21-9)4(13)14/h3H,1H2,(H,11,12)(H,13,14)(H,15,16)(H,17,18)(H,19,20). The first kappa shape index (κ1) is 15.7. The van der Waals surface area contributed by atoms with Crippen LogP contribution in [0.3, 0.4) is 0 Å². The molecule has 0 saturated carbocycles. The van der Waals surface area contributed by atoms with Gasteiger partial charge in [0.2, 0.25) is 16.8 Å². The average molecular weight is 320 g/mol. The summed E-state index contributed by atoms with van der Waals surface area (Å²) in [7, 11) is 0. The van der Waals surface area contributed by atoms with Gasteiger partial charge >= 0.3 is 29.8 Å². The van der Waals surface area contributed by atoms with E-state index in [0.717, 1.165) is 0 Å². The van der Waals surface area contributed by atoms with Gasteiger partial charge in [0, 0.05) is 0 Å². The number of hydrogen-bond acceptors (Lipinski definition) is 7. The van der Waals surface area contributed by atoms with Crippen LogP contribution >= 0.6 is 0 Å². The van der Waals surface area contributed by atoms with Crippen LogP contribution in [0.1, 0.15) is 6.42 Å². The molecule has 4 unspecified atom stereocenters. The number of aliphatic carboxylic acids is 5. The minimum absolute atomic E-state index is 1.39. The fraction of sp³-hybridized carbons (Fsp3) is 0.500. The summed E-state index contributed by atoms with van der Waals surface area (Å²) in [6.45, 7) is 0. The number of carboxylic acids is 5. The lowest BCUT2D eigenvalue weighted by atomic mass is 9.77. The van der Waals surface area contributed by atoms with E-state index >= 15 is 0 Å². The quantitative estimate of drug-likeness (QED) is 0.306. The van der Waals surface area contributed by atoms with Gasteiger partial charge in [-0.3, -0.25) is 4.79 Å². The molecule has 22 heavy (non-hydrogen) atoms. The molecule has 120 valence electrons. The minimum atomic E-state index is -3.17. The summed E-state index contributed by atoms with van der Waals surface area (Å²) in [5.74, 6) is -9.93. The van der Waals surface area contributed by atoms with Crippen molar-refractivity contribution in [3.05, 3.63) is 0 Å². The molecule has 0 aromatic rings. The smallest absolute Gasteiger partial charge is 0.343 e. The Labute approximate surface area is 119 Å². The topological polar surface area (TPSA) is 212 Å². The Kier molecular flexibility index (Phi) is 2.95. The zero-order valence-electron chi connectivity index (χ0n) is 10.4.